The first-order chi connectivity index (χ1) is 8.54. The number of ketones is 1. The van der Waals surface area contributed by atoms with Crippen LogP contribution in [0.3, 0.4) is 0 Å². The minimum atomic E-state index is -0.751. The van der Waals surface area contributed by atoms with Gasteiger partial charge in [0.2, 0.25) is 0 Å². The van der Waals surface area contributed by atoms with E-state index in [1.165, 1.54) is 7.11 Å². The Balaban J connectivity index is 2.01. The van der Waals surface area contributed by atoms with Crippen LogP contribution in [0.15, 0.2) is 22.8 Å². The summed E-state index contributed by atoms with van der Waals surface area (Å²) in [6.45, 7) is 2.23. The first-order valence-electron chi connectivity index (χ1n) is 5.99. The number of aliphatic hydroxyl groups is 1. The van der Waals surface area contributed by atoms with Crippen LogP contribution in [0.2, 0.25) is 0 Å². The van der Waals surface area contributed by atoms with Gasteiger partial charge in [0.1, 0.15) is 0 Å². The fourth-order valence-corrected chi connectivity index (χ4v) is 3.07. The van der Waals surface area contributed by atoms with E-state index in [0.29, 0.717) is 13.0 Å². The van der Waals surface area contributed by atoms with Gasteiger partial charge in [-0.2, -0.15) is 0 Å². The molecular weight excluding hydrogens is 234 g/mol. The Hall–Kier alpha value is -1.46. The lowest BCUT2D eigenvalue weighted by molar-refractivity contribution is -0.176. The van der Waals surface area contributed by atoms with Gasteiger partial charge in [-0.15, -0.1) is 0 Å². The Morgan fingerprint density at radius 2 is 2.17 bits per heavy atom. The predicted molar refractivity (Wildman–Crippen MR) is 62.7 cm³/mol. The summed E-state index contributed by atoms with van der Waals surface area (Å²) in [7, 11) is 1.48. The molecule has 0 unspecified atom stereocenters. The average Bonchev–Trinajstić information content (AvgIpc) is 2.68. The van der Waals surface area contributed by atoms with Crippen molar-refractivity contribution in [2.45, 2.75) is 31.6 Å². The molecule has 96 valence electrons. The number of aliphatic hydroxyl groups excluding tert-OH is 1. The van der Waals surface area contributed by atoms with Crippen molar-refractivity contribution in [1.82, 2.24) is 4.90 Å². The van der Waals surface area contributed by atoms with Crippen molar-refractivity contribution in [1.29, 1.82) is 0 Å². The number of hydrogen-bond donors (Lipinski definition) is 1. The summed E-state index contributed by atoms with van der Waals surface area (Å²) in [5.41, 5.74) is 2.54. The Bertz CT molecular complexity index is 505. The topological polar surface area (TPSA) is 66.8 Å². The number of carbonyl (C=O) groups is 2. The number of β-lactam (4-membered cyclic amide) rings is 1. The molecule has 5 heteroatoms. The first-order valence-corrected chi connectivity index (χ1v) is 5.99. The number of rotatable bonds is 1. The molecule has 1 saturated heterocycles. The molecule has 2 aliphatic heterocycles. The van der Waals surface area contributed by atoms with Crippen molar-refractivity contribution in [2.24, 2.45) is 0 Å². The largest absolute Gasteiger partial charge is 0.386 e. The molecule has 0 saturated carbocycles. The van der Waals surface area contributed by atoms with Gasteiger partial charge in [-0.05, 0) is 29.7 Å². The molecule has 3 aliphatic rings. The van der Waals surface area contributed by atoms with E-state index < -0.39 is 12.2 Å². The highest BCUT2D eigenvalue weighted by atomic mass is 16.5. The monoisotopic (exact) mass is 249 g/mol. The fourth-order valence-electron chi connectivity index (χ4n) is 3.07. The molecule has 0 aromatic rings. The zero-order valence-electron chi connectivity index (χ0n) is 10.3. The van der Waals surface area contributed by atoms with E-state index in [1.807, 2.05) is 6.92 Å². The van der Waals surface area contributed by atoms with Crippen LogP contribution in [-0.2, 0) is 14.3 Å². The summed E-state index contributed by atoms with van der Waals surface area (Å²) in [6.07, 6.45) is 0.608. The van der Waals surface area contributed by atoms with Gasteiger partial charge in [-0.3, -0.25) is 9.59 Å². The second-order valence-electron chi connectivity index (χ2n) is 5.03. The third-order valence-electron chi connectivity index (χ3n) is 4.11. The van der Waals surface area contributed by atoms with Crippen LogP contribution < -0.4 is 0 Å². The second-order valence-corrected chi connectivity index (χ2v) is 5.03. The van der Waals surface area contributed by atoms with E-state index in [1.54, 1.807) is 11.0 Å². The molecule has 0 radical (unpaired) electrons. The SMILES string of the molecule is CO[C@H]1C(=O)N2CC3=CC(=O)CC3=C(C)[C@@H](O)[C@@H]12. The van der Waals surface area contributed by atoms with Crippen LogP contribution in [0.5, 0.6) is 0 Å². The van der Waals surface area contributed by atoms with Crippen LogP contribution in [0, 0.1) is 0 Å². The summed E-state index contributed by atoms with van der Waals surface area (Å²) < 4.78 is 5.13. The number of ether oxygens (including phenoxy) is 1. The average molecular weight is 249 g/mol. The summed E-state index contributed by atoms with van der Waals surface area (Å²) in [5, 5.41) is 10.3. The third kappa shape index (κ3) is 1.34. The summed E-state index contributed by atoms with van der Waals surface area (Å²) >= 11 is 0. The zero-order valence-corrected chi connectivity index (χ0v) is 10.3. The summed E-state index contributed by atoms with van der Waals surface area (Å²) in [6, 6.07) is -0.323. The van der Waals surface area contributed by atoms with E-state index in [4.69, 9.17) is 4.74 Å². The highest BCUT2D eigenvalue weighted by Gasteiger charge is 2.53. The lowest BCUT2D eigenvalue weighted by Gasteiger charge is -2.47. The van der Waals surface area contributed by atoms with Gasteiger partial charge in [0.05, 0.1) is 12.1 Å². The standard InChI is InChI=1S/C13H15NO4/c1-6-9-4-8(15)3-7(9)5-14-10(11(6)16)12(18-2)13(14)17/h3,10-12,16H,4-5H2,1-2H3/t10-,11+,12+/m0/s1. The Kier molecular flexibility index (Phi) is 2.43. The Morgan fingerprint density at radius 3 is 2.83 bits per heavy atom. The molecule has 1 fully saturated rings. The molecule has 2 heterocycles. The number of hydrogen-bond acceptors (Lipinski definition) is 4. The molecule has 18 heavy (non-hydrogen) atoms. The zero-order chi connectivity index (χ0) is 13.0. The van der Waals surface area contributed by atoms with Crippen molar-refractivity contribution in [3.05, 3.63) is 22.8 Å². The number of methoxy groups -OCH3 is 1. The Morgan fingerprint density at radius 1 is 1.44 bits per heavy atom. The van der Waals surface area contributed by atoms with Crippen LogP contribution >= 0.6 is 0 Å². The summed E-state index contributed by atoms with van der Waals surface area (Å²) in [5.74, 6) is -0.0721. The van der Waals surface area contributed by atoms with Gasteiger partial charge in [-0.1, -0.05) is 0 Å². The van der Waals surface area contributed by atoms with E-state index >= 15 is 0 Å². The van der Waals surface area contributed by atoms with E-state index in [-0.39, 0.29) is 17.7 Å². The van der Waals surface area contributed by atoms with E-state index in [9.17, 15) is 14.7 Å². The molecule has 1 N–H and O–H groups in total. The molecule has 1 aliphatic carbocycles. The molecule has 5 nitrogen and oxygen atoms in total. The van der Waals surface area contributed by atoms with Crippen LogP contribution in [0.4, 0.5) is 0 Å². The first kappa shape index (κ1) is 11.6. The van der Waals surface area contributed by atoms with Gasteiger partial charge >= 0.3 is 0 Å². The van der Waals surface area contributed by atoms with E-state index in [2.05, 4.69) is 0 Å². The minimum absolute atomic E-state index is 0.0428. The van der Waals surface area contributed by atoms with Crippen LogP contribution in [0.25, 0.3) is 0 Å². The molecule has 0 aromatic carbocycles. The smallest absolute Gasteiger partial charge is 0.254 e. The number of carbonyl (C=O) groups excluding carboxylic acids is 2. The maximum atomic E-state index is 11.9. The van der Waals surface area contributed by atoms with Crippen molar-refractivity contribution in [3.8, 4) is 0 Å². The summed E-state index contributed by atoms with van der Waals surface area (Å²) in [4.78, 5) is 24.9. The number of nitrogens with zero attached hydrogens (tertiary/aromatic N) is 1. The van der Waals surface area contributed by atoms with Gasteiger partial charge in [0.25, 0.3) is 5.91 Å². The van der Waals surface area contributed by atoms with Gasteiger partial charge in [0.15, 0.2) is 11.9 Å². The molecule has 0 aromatic heterocycles. The normalized spacial score (nSPS) is 34.9. The van der Waals surface area contributed by atoms with E-state index in [0.717, 1.165) is 16.7 Å². The maximum absolute atomic E-state index is 11.9. The van der Waals surface area contributed by atoms with Crippen molar-refractivity contribution in [2.75, 3.05) is 13.7 Å². The fraction of sp³-hybridized carbons (Fsp3) is 0.538. The van der Waals surface area contributed by atoms with Crippen LogP contribution in [-0.4, -0.2) is 53.6 Å². The van der Waals surface area contributed by atoms with Crippen LogP contribution in [0.1, 0.15) is 13.3 Å². The maximum Gasteiger partial charge on any atom is 0.254 e. The number of fused-ring (bicyclic) bond motifs is 2. The lowest BCUT2D eigenvalue weighted by Crippen LogP contribution is -2.69. The number of allylic oxidation sites excluding steroid dienone is 1. The molecule has 1 amide bonds. The molecule has 0 bridgehead atoms. The predicted octanol–water partition coefficient (Wildman–Crippen LogP) is -0.198. The van der Waals surface area contributed by atoms with Crippen molar-refractivity contribution in [3.63, 3.8) is 0 Å². The van der Waals surface area contributed by atoms with Gasteiger partial charge < -0.3 is 14.7 Å². The molecule has 3 rings (SSSR count). The highest BCUT2D eigenvalue weighted by molar-refractivity contribution is 5.98. The number of amides is 1. The lowest BCUT2D eigenvalue weighted by atomic mass is 9.89. The molecule has 3 atom stereocenters. The molecule has 0 spiro atoms. The van der Waals surface area contributed by atoms with Gasteiger partial charge in [-0.25, -0.2) is 0 Å². The minimum Gasteiger partial charge on any atom is -0.386 e. The highest BCUT2D eigenvalue weighted by Crippen LogP contribution is 2.38. The van der Waals surface area contributed by atoms with Crippen molar-refractivity contribution >= 4 is 11.7 Å². The third-order valence-corrected chi connectivity index (χ3v) is 4.11. The second kappa shape index (κ2) is 3.76. The Labute approximate surface area is 105 Å². The molecular formula is C13H15NO4. The quantitative estimate of drug-likeness (QED) is 0.654. The van der Waals surface area contributed by atoms with Gasteiger partial charge in [0, 0.05) is 20.1 Å². The van der Waals surface area contributed by atoms with Crippen molar-refractivity contribution < 1.29 is 19.4 Å².